The molecular weight excluding hydrogens is 471 g/mol. The van der Waals surface area contributed by atoms with Crippen molar-refractivity contribution >= 4 is 40.1 Å². The van der Waals surface area contributed by atoms with Crippen LogP contribution in [0.5, 0.6) is 0 Å². The highest BCUT2D eigenvalue weighted by atomic mass is 14.6. The molecule has 0 spiro atoms. The standard InChI is InChI=1S/C24H20B.C12H10N2/c1-5-13-21(14-6-1)25(22-15-7-2-8-16-22,23-17-9-3-10-18-23)24-19-11-4-12-20-24;1(11-3-7-13-8-4-11)2-12-5-9-14-10-6-12/h1-20H;1-10H/q-1;/p+1/b;2-1+. The third kappa shape index (κ3) is 6.11. The molecule has 0 unspecified atom stereocenters. The van der Waals surface area contributed by atoms with Crippen molar-refractivity contribution < 1.29 is 4.98 Å². The average molecular weight is 502 g/mol. The molecule has 0 aliphatic rings. The van der Waals surface area contributed by atoms with Crippen molar-refractivity contribution in [2.75, 3.05) is 0 Å². The van der Waals surface area contributed by atoms with Gasteiger partial charge < -0.3 is 0 Å². The molecule has 0 saturated carbocycles. The average Bonchev–Trinajstić information content (AvgIpc) is 3.04. The number of nitrogens with zero attached hydrogens (tertiary/aromatic N) is 1. The van der Waals surface area contributed by atoms with Crippen molar-refractivity contribution in [3.8, 4) is 0 Å². The maximum atomic E-state index is 3.96. The molecule has 0 fully saturated rings. The summed E-state index contributed by atoms with van der Waals surface area (Å²) in [4.78, 5) is 6.95. The van der Waals surface area contributed by atoms with Gasteiger partial charge in [-0.15, -0.1) is 0 Å². The van der Waals surface area contributed by atoms with Crippen LogP contribution in [-0.4, -0.2) is 11.1 Å². The van der Waals surface area contributed by atoms with Crippen LogP contribution >= 0.6 is 0 Å². The second-order valence-electron chi connectivity index (χ2n) is 9.46. The van der Waals surface area contributed by atoms with E-state index in [0.29, 0.717) is 0 Å². The van der Waals surface area contributed by atoms with E-state index in [-0.39, 0.29) is 0 Å². The second kappa shape index (κ2) is 13.0. The summed E-state index contributed by atoms with van der Waals surface area (Å²) < 4.78 is 0. The van der Waals surface area contributed by atoms with Gasteiger partial charge in [0.1, 0.15) is 6.15 Å². The number of rotatable bonds is 6. The van der Waals surface area contributed by atoms with E-state index in [9.17, 15) is 0 Å². The van der Waals surface area contributed by atoms with E-state index in [0.717, 1.165) is 5.56 Å². The molecule has 6 rings (SSSR count). The zero-order valence-corrected chi connectivity index (χ0v) is 21.8. The Morgan fingerprint density at radius 2 is 0.744 bits per heavy atom. The van der Waals surface area contributed by atoms with E-state index >= 15 is 0 Å². The number of hydrogen-bond acceptors (Lipinski definition) is 1. The molecule has 6 aromatic rings. The van der Waals surface area contributed by atoms with Crippen LogP contribution in [0.4, 0.5) is 0 Å². The Morgan fingerprint density at radius 1 is 0.410 bits per heavy atom. The maximum Gasteiger partial charge on any atom is 0.167 e. The Kier molecular flexibility index (Phi) is 8.53. The van der Waals surface area contributed by atoms with E-state index in [1.807, 2.05) is 36.7 Å². The fraction of sp³-hybridized carbons (Fsp3) is 0. The molecule has 0 aliphatic heterocycles. The highest BCUT2D eigenvalue weighted by Gasteiger charge is 2.30. The van der Waals surface area contributed by atoms with E-state index in [1.54, 1.807) is 12.4 Å². The number of nitrogens with one attached hydrogen (secondary N) is 1. The molecule has 0 bridgehead atoms. The molecule has 0 amide bonds. The number of benzene rings is 4. The minimum atomic E-state index is -1.22. The molecule has 2 heterocycles. The van der Waals surface area contributed by atoms with Gasteiger partial charge in [-0.05, 0) is 23.3 Å². The first-order valence-electron chi connectivity index (χ1n) is 13.3. The number of hydrogen-bond donors (Lipinski definition) is 0. The zero-order valence-electron chi connectivity index (χ0n) is 21.8. The van der Waals surface area contributed by atoms with Crippen molar-refractivity contribution in [1.82, 2.24) is 4.98 Å². The van der Waals surface area contributed by atoms with Crippen molar-refractivity contribution in [2.24, 2.45) is 0 Å². The molecule has 0 radical (unpaired) electrons. The van der Waals surface area contributed by atoms with E-state index < -0.39 is 6.15 Å². The Morgan fingerprint density at radius 3 is 1.10 bits per heavy atom. The lowest BCUT2D eigenvalue weighted by atomic mass is 9.13. The summed E-state index contributed by atoms with van der Waals surface area (Å²) in [5.74, 6) is 0. The molecule has 4 aromatic carbocycles. The number of aromatic amines is 1. The van der Waals surface area contributed by atoms with Gasteiger partial charge >= 0.3 is 0 Å². The minimum Gasteiger partial charge on any atom is -0.265 e. The Hall–Kier alpha value is -5.02. The molecule has 2 nitrogen and oxygen atoms in total. The van der Waals surface area contributed by atoms with Gasteiger partial charge in [0, 0.05) is 24.5 Å². The van der Waals surface area contributed by atoms with Crippen LogP contribution in [0.3, 0.4) is 0 Å². The summed E-state index contributed by atoms with van der Waals surface area (Å²) in [6.07, 6.45) is 10.3. The lowest BCUT2D eigenvalue weighted by molar-refractivity contribution is -0.378. The van der Waals surface area contributed by atoms with E-state index in [2.05, 4.69) is 143 Å². The lowest BCUT2D eigenvalue weighted by Gasteiger charge is -2.44. The molecule has 39 heavy (non-hydrogen) atoms. The minimum absolute atomic E-state index is 1.16. The molecule has 2 aromatic heterocycles. The predicted molar refractivity (Wildman–Crippen MR) is 166 cm³/mol. The molecule has 0 aliphatic carbocycles. The van der Waals surface area contributed by atoms with Crippen LogP contribution in [0.1, 0.15) is 11.1 Å². The van der Waals surface area contributed by atoms with Gasteiger partial charge in [0.2, 0.25) is 0 Å². The fourth-order valence-electron chi connectivity index (χ4n) is 5.30. The van der Waals surface area contributed by atoms with Crippen molar-refractivity contribution in [2.45, 2.75) is 0 Å². The Bertz CT molecular complexity index is 1350. The lowest BCUT2D eigenvalue weighted by Crippen LogP contribution is -2.74. The monoisotopic (exact) mass is 502 g/mol. The van der Waals surface area contributed by atoms with Crippen LogP contribution < -0.4 is 26.8 Å². The van der Waals surface area contributed by atoms with Gasteiger partial charge in [-0.1, -0.05) is 133 Å². The van der Waals surface area contributed by atoms with E-state index in [1.165, 1.54) is 27.4 Å². The summed E-state index contributed by atoms with van der Waals surface area (Å²) in [6, 6.07) is 51.5. The third-order valence-electron chi connectivity index (χ3n) is 7.12. The molecule has 0 saturated heterocycles. The molecule has 188 valence electrons. The first-order valence-corrected chi connectivity index (χ1v) is 13.3. The summed E-state index contributed by atoms with van der Waals surface area (Å²) >= 11 is 0. The highest BCUT2D eigenvalue weighted by Crippen LogP contribution is 2.09. The molecule has 3 heteroatoms. The molecule has 1 N–H and O–H groups in total. The SMILES string of the molecule is C(=C\c1cc[nH+]cc1)/c1ccncc1.c1ccc([B-](c2ccccc2)(c2ccccc2)c2ccccc2)cc1. The summed E-state index contributed by atoms with van der Waals surface area (Å²) in [6.45, 7) is 0. The summed E-state index contributed by atoms with van der Waals surface area (Å²) in [7, 11) is 0. The molecule has 0 atom stereocenters. The number of H-pyrrole nitrogens is 1. The first-order chi connectivity index (χ1) is 19.4. The van der Waals surface area contributed by atoms with Gasteiger partial charge in [-0.3, -0.25) is 4.98 Å². The van der Waals surface area contributed by atoms with Gasteiger partial charge in [0.05, 0.1) is 0 Å². The van der Waals surface area contributed by atoms with Gasteiger partial charge in [-0.2, -0.15) is 21.9 Å². The van der Waals surface area contributed by atoms with Crippen LogP contribution in [0.15, 0.2) is 170 Å². The van der Waals surface area contributed by atoms with Crippen LogP contribution in [0.2, 0.25) is 0 Å². The largest absolute Gasteiger partial charge is 0.265 e. The second-order valence-corrected chi connectivity index (χ2v) is 9.46. The predicted octanol–water partition coefficient (Wildman–Crippen LogP) is 5.13. The van der Waals surface area contributed by atoms with Crippen LogP contribution in [0.25, 0.3) is 12.2 Å². The summed E-state index contributed by atoms with van der Waals surface area (Å²) in [5.41, 5.74) is 7.70. The fourth-order valence-corrected chi connectivity index (χ4v) is 5.30. The third-order valence-corrected chi connectivity index (χ3v) is 7.12. The number of aromatic nitrogens is 2. The van der Waals surface area contributed by atoms with Crippen LogP contribution in [-0.2, 0) is 0 Å². The summed E-state index contributed by atoms with van der Waals surface area (Å²) in [5, 5.41) is 0. The number of pyridine rings is 2. The smallest absolute Gasteiger partial charge is 0.167 e. The molecular formula is C36H31BN2. The first kappa shape index (κ1) is 25.6. The topological polar surface area (TPSA) is 27.0 Å². The quantitative estimate of drug-likeness (QED) is 0.290. The zero-order chi connectivity index (χ0) is 26.6. The van der Waals surface area contributed by atoms with Gasteiger partial charge in [0.25, 0.3) is 0 Å². The Labute approximate surface area is 231 Å². The Balaban J connectivity index is 0.000000186. The van der Waals surface area contributed by atoms with Crippen molar-refractivity contribution in [1.29, 1.82) is 0 Å². The van der Waals surface area contributed by atoms with Gasteiger partial charge in [0.15, 0.2) is 12.4 Å². The van der Waals surface area contributed by atoms with Crippen molar-refractivity contribution in [3.05, 3.63) is 182 Å². The van der Waals surface area contributed by atoms with Crippen molar-refractivity contribution in [3.63, 3.8) is 0 Å². The van der Waals surface area contributed by atoms with Gasteiger partial charge in [-0.25, -0.2) is 4.98 Å². The highest BCUT2D eigenvalue weighted by molar-refractivity contribution is 7.19. The maximum absolute atomic E-state index is 3.96. The normalized spacial score (nSPS) is 11.0. The van der Waals surface area contributed by atoms with Crippen LogP contribution in [0, 0.1) is 0 Å². The van der Waals surface area contributed by atoms with E-state index in [4.69, 9.17) is 0 Å².